The van der Waals surface area contributed by atoms with E-state index in [-0.39, 0.29) is 42.6 Å². The number of hydrogen-bond donors (Lipinski definition) is 0. The van der Waals surface area contributed by atoms with Gasteiger partial charge >= 0.3 is 36.4 Å². The lowest BCUT2D eigenvalue weighted by Crippen LogP contribution is -2.53. The van der Waals surface area contributed by atoms with Gasteiger partial charge in [-0.1, -0.05) is 6.92 Å². The lowest BCUT2D eigenvalue weighted by Gasteiger charge is -2.52. The Kier molecular flexibility index (Phi) is 7.39. The molecule has 0 bridgehead atoms. The Hall–Kier alpha value is -3.33. The minimum absolute atomic E-state index is 0.00446. The predicted molar refractivity (Wildman–Crippen MR) is 115 cm³/mol. The molecule has 0 aromatic heterocycles. The Balaban J connectivity index is 1.93. The van der Waals surface area contributed by atoms with Gasteiger partial charge in [0.25, 0.3) is 0 Å². The van der Waals surface area contributed by atoms with Crippen LogP contribution in [0.15, 0.2) is 12.1 Å². The first-order valence-electron chi connectivity index (χ1n) is 12.2. The Bertz CT molecular complexity index is 1280. The number of carbonyl (C=O) groups is 4. The second kappa shape index (κ2) is 9.89. The molecule has 3 aliphatic carbocycles. The lowest BCUT2D eigenvalue weighted by molar-refractivity contribution is -0.231. The monoisotopic (exact) mass is 604 g/mol. The number of carbonyl (C=O) groups excluding carboxylic acids is 4. The molecular weight excluding hydrogens is 583 g/mol. The first-order chi connectivity index (χ1) is 18.7. The van der Waals surface area contributed by atoms with Crippen molar-refractivity contribution in [1.82, 2.24) is 0 Å². The molecule has 2 unspecified atom stereocenters. The first-order valence-corrected chi connectivity index (χ1v) is 12.2. The molecule has 0 aliphatic heterocycles. The maximum atomic E-state index is 13.3. The number of benzene rings is 1. The van der Waals surface area contributed by atoms with Crippen molar-refractivity contribution in [2.45, 2.75) is 76.2 Å². The van der Waals surface area contributed by atoms with Crippen LogP contribution < -0.4 is 4.74 Å². The number of hydrogen-bond acceptors (Lipinski definition) is 7. The van der Waals surface area contributed by atoms with Crippen LogP contribution in [0.2, 0.25) is 0 Å². The van der Waals surface area contributed by atoms with Crippen molar-refractivity contribution in [1.29, 1.82) is 0 Å². The second-order valence-corrected chi connectivity index (χ2v) is 10.5. The summed E-state index contributed by atoms with van der Waals surface area (Å²) >= 11 is 0. The summed E-state index contributed by atoms with van der Waals surface area (Å²) in [6.45, 7) is 2.85. The molecule has 0 heterocycles. The van der Waals surface area contributed by atoms with Crippen molar-refractivity contribution in [3.05, 3.63) is 28.8 Å². The zero-order chi connectivity index (χ0) is 30.9. The zero-order valence-electron chi connectivity index (χ0n) is 21.1. The minimum Gasteiger partial charge on any atom is -0.451 e. The highest BCUT2D eigenvalue weighted by molar-refractivity contribution is 5.87. The number of halogens is 9. The largest absolute Gasteiger partial charge is 0.491 e. The van der Waals surface area contributed by atoms with E-state index in [4.69, 9.17) is 4.74 Å². The summed E-state index contributed by atoms with van der Waals surface area (Å²) in [5.41, 5.74) is -1.48. The maximum Gasteiger partial charge on any atom is 0.491 e. The molecule has 226 valence electrons. The summed E-state index contributed by atoms with van der Waals surface area (Å²) in [5, 5.41) is 0. The van der Waals surface area contributed by atoms with Gasteiger partial charge in [0.05, 0.1) is 0 Å². The lowest BCUT2D eigenvalue weighted by atomic mass is 9.54. The molecule has 6 atom stereocenters. The summed E-state index contributed by atoms with van der Waals surface area (Å²) < 4.78 is 132. The number of rotatable bonds is 3. The topological polar surface area (TPSA) is 96.0 Å². The average Bonchev–Trinajstić information content (AvgIpc) is 3.12. The number of fused-ring (bicyclic) bond motifs is 5. The normalized spacial score (nSPS) is 29.6. The quantitative estimate of drug-likeness (QED) is 0.253. The maximum absolute atomic E-state index is 13.3. The van der Waals surface area contributed by atoms with Gasteiger partial charge in [0.1, 0.15) is 17.6 Å². The van der Waals surface area contributed by atoms with Gasteiger partial charge in [0.2, 0.25) is 0 Å². The summed E-state index contributed by atoms with van der Waals surface area (Å²) in [6, 6.07) is 1.61. The Labute approximate surface area is 225 Å². The molecule has 7 nitrogen and oxygen atoms in total. The van der Waals surface area contributed by atoms with E-state index in [2.05, 4.69) is 9.47 Å². The van der Waals surface area contributed by atoms with Gasteiger partial charge in [0, 0.05) is 23.3 Å². The second-order valence-electron chi connectivity index (χ2n) is 10.5. The minimum atomic E-state index is -5.67. The third-order valence-corrected chi connectivity index (χ3v) is 8.17. The third kappa shape index (κ3) is 5.48. The van der Waals surface area contributed by atoms with Crippen LogP contribution in [-0.2, 0) is 28.7 Å². The molecule has 16 heteroatoms. The van der Waals surface area contributed by atoms with Crippen LogP contribution in [0.25, 0.3) is 0 Å². The van der Waals surface area contributed by atoms with Crippen molar-refractivity contribution >= 4 is 23.7 Å². The molecule has 0 radical (unpaired) electrons. The molecule has 41 heavy (non-hydrogen) atoms. The van der Waals surface area contributed by atoms with E-state index in [1.54, 1.807) is 6.92 Å². The number of alkyl halides is 9. The van der Waals surface area contributed by atoms with Crippen LogP contribution >= 0.6 is 0 Å². The van der Waals surface area contributed by atoms with Crippen LogP contribution in [0, 0.1) is 24.2 Å². The molecule has 2 saturated carbocycles. The molecule has 3 aliphatic rings. The van der Waals surface area contributed by atoms with E-state index in [0.29, 0.717) is 6.07 Å². The summed E-state index contributed by atoms with van der Waals surface area (Å²) in [5.74, 6) is -12.4. The highest BCUT2D eigenvalue weighted by Crippen LogP contribution is 2.63. The van der Waals surface area contributed by atoms with Gasteiger partial charge < -0.3 is 14.2 Å². The average molecular weight is 604 g/mol. The fourth-order valence-electron chi connectivity index (χ4n) is 6.54. The molecule has 0 spiro atoms. The Morgan fingerprint density at radius 2 is 1.41 bits per heavy atom. The Morgan fingerprint density at radius 1 is 0.854 bits per heavy atom. The number of aryl methyl sites for hydroxylation is 1. The fourth-order valence-corrected chi connectivity index (χ4v) is 6.54. The van der Waals surface area contributed by atoms with E-state index >= 15 is 0 Å². The van der Waals surface area contributed by atoms with Crippen LogP contribution in [0.3, 0.4) is 0 Å². The summed E-state index contributed by atoms with van der Waals surface area (Å²) in [4.78, 5) is 48.2. The van der Waals surface area contributed by atoms with Crippen LogP contribution in [0.5, 0.6) is 5.75 Å². The summed E-state index contributed by atoms with van der Waals surface area (Å²) in [6.07, 6.45) is -21.1. The zero-order valence-corrected chi connectivity index (χ0v) is 21.1. The Morgan fingerprint density at radius 3 is 1.98 bits per heavy atom. The molecule has 0 saturated heterocycles. The van der Waals surface area contributed by atoms with E-state index < -0.39 is 83.1 Å². The van der Waals surface area contributed by atoms with Crippen molar-refractivity contribution in [2.75, 3.05) is 0 Å². The molecule has 1 aromatic carbocycles. The molecular formula is C25H21F9O7. The van der Waals surface area contributed by atoms with Gasteiger partial charge in [0.15, 0.2) is 6.10 Å². The number of esters is 3. The molecule has 0 N–H and O–H groups in total. The highest BCUT2D eigenvalue weighted by atomic mass is 19.4. The number of ketones is 1. The highest BCUT2D eigenvalue weighted by Gasteiger charge is 2.62. The van der Waals surface area contributed by atoms with Crippen molar-refractivity contribution < 1.29 is 72.9 Å². The van der Waals surface area contributed by atoms with Crippen LogP contribution in [0.4, 0.5) is 39.5 Å². The number of ether oxygens (including phenoxy) is 3. The van der Waals surface area contributed by atoms with E-state index in [0.717, 1.165) is 6.07 Å². The summed E-state index contributed by atoms with van der Waals surface area (Å²) in [7, 11) is 0. The first kappa shape index (κ1) is 30.6. The standard InChI is InChI=1S/C25H21F9O7/c1-9-7-10(39-19(36)23(26,27)28)8-12-15(9)11-5-6-22(2)13(3-4-14(22)35)16(11)18(41-21(38)25(32,33)34)17(12)40-20(37)24(29,30)31/h7-8,11,13,16-18H,3-6H2,1-2H3/t11-,13+,16-,17?,18?,22+/m1/s1. The van der Waals surface area contributed by atoms with E-state index in [1.807, 2.05) is 0 Å². The molecule has 4 rings (SSSR count). The molecule has 0 amide bonds. The van der Waals surface area contributed by atoms with Gasteiger partial charge in [-0.2, -0.15) is 39.5 Å². The SMILES string of the molecule is Cc1cc(OC(=O)C(F)(F)F)cc2c1[C@H]1CC[C@]3(C)C(=O)CC[C@H]3[C@@H]1C(OC(=O)C(F)(F)F)C2OC(=O)C(F)(F)F. The van der Waals surface area contributed by atoms with E-state index in [1.165, 1.54) is 6.92 Å². The van der Waals surface area contributed by atoms with Crippen LogP contribution in [0.1, 0.15) is 61.3 Å². The van der Waals surface area contributed by atoms with Gasteiger partial charge in [-0.25, -0.2) is 14.4 Å². The van der Waals surface area contributed by atoms with Crippen LogP contribution in [-0.4, -0.2) is 48.3 Å². The van der Waals surface area contributed by atoms with Gasteiger partial charge in [-0.05, 0) is 61.3 Å². The van der Waals surface area contributed by atoms with E-state index in [9.17, 15) is 58.7 Å². The smallest absolute Gasteiger partial charge is 0.451 e. The van der Waals surface area contributed by atoms with Crippen molar-refractivity contribution in [3.8, 4) is 5.75 Å². The predicted octanol–water partition coefficient (Wildman–Crippen LogP) is 5.58. The van der Waals surface area contributed by atoms with Gasteiger partial charge in [-0.15, -0.1) is 0 Å². The number of Topliss-reactive ketones (excluding diaryl/α,β-unsaturated/α-hetero) is 1. The van der Waals surface area contributed by atoms with Gasteiger partial charge in [-0.3, -0.25) is 4.79 Å². The third-order valence-electron chi connectivity index (χ3n) is 8.17. The van der Waals surface area contributed by atoms with Crippen molar-refractivity contribution in [2.24, 2.45) is 17.3 Å². The molecule has 1 aromatic rings. The van der Waals surface area contributed by atoms with Crippen molar-refractivity contribution in [3.63, 3.8) is 0 Å². The molecule has 2 fully saturated rings. The fraction of sp³-hybridized carbons (Fsp3) is 0.600.